The fourth-order valence-corrected chi connectivity index (χ4v) is 5.00. The van der Waals surface area contributed by atoms with Crippen LogP contribution in [0.1, 0.15) is 23.2 Å². The predicted molar refractivity (Wildman–Crippen MR) is 91.1 cm³/mol. The largest absolute Gasteiger partial charge is 0.395 e. The Balaban J connectivity index is 1.41. The molecule has 0 radical (unpaired) electrons. The molecule has 1 spiro atoms. The quantitative estimate of drug-likeness (QED) is 0.845. The number of β-amino-alcohol motifs (C(OH)–C–C–N with tert-alkyl or cyclic N) is 1. The van der Waals surface area contributed by atoms with Crippen LogP contribution in [0.4, 0.5) is 0 Å². The highest BCUT2D eigenvalue weighted by Gasteiger charge is 2.62. The molecule has 0 aliphatic carbocycles. The Morgan fingerprint density at radius 2 is 2.38 bits per heavy atom. The summed E-state index contributed by atoms with van der Waals surface area (Å²) in [6, 6.07) is 7.02. The first kappa shape index (κ1) is 16.3. The van der Waals surface area contributed by atoms with Crippen molar-refractivity contribution in [2.75, 3.05) is 32.8 Å². The van der Waals surface area contributed by atoms with Crippen LogP contribution in [0, 0.1) is 11.8 Å². The normalized spacial score (nSPS) is 34.5. The van der Waals surface area contributed by atoms with Crippen LogP contribution < -0.4 is 5.32 Å². The summed E-state index contributed by atoms with van der Waals surface area (Å²) < 4.78 is 6.33. The number of hydrogen-bond donors (Lipinski definition) is 2. The second-order valence-corrected chi connectivity index (χ2v) is 7.65. The van der Waals surface area contributed by atoms with Gasteiger partial charge in [0, 0.05) is 48.6 Å². The van der Waals surface area contributed by atoms with E-state index in [1.165, 1.54) is 0 Å². The third-order valence-electron chi connectivity index (χ3n) is 5.86. The molecular weight excluding hydrogens is 328 g/mol. The van der Waals surface area contributed by atoms with Crippen molar-refractivity contribution < 1.29 is 14.6 Å². The maximum Gasteiger partial charge on any atom is 0.251 e. The van der Waals surface area contributed by atoms with E-state index in [9.17, 15) is 9.90 Å². The van der Waals surface area contributed by atoms with E-state index >= 15 is 0 Å². The third-order valence-corrected chi connectivity index (χ3v) is 6.09. The number of ether oxygens (including phenoxy) is 1. The Hall–Kier alpha value is -1.14. The van der Waals surface area contributed by atoms with Crippen LogP contribution in [0.5, 0.6) is 0 Å². The van der Waals surface area contributed by atoms with Crippen LogP contribution in [0.2, 0.25) is 5.02 Å². The number of nitrogens with one attached hydrogen (secondary N) is 1. The Kier molecular flexibility index (Phi) is 4.29. The van der Waals surface area contributed by atoms with E-state index in [0.29, 0.717) is 35.5 Å². The van der Waals surface area contributed by atoms with E-state index in [1.807, 2.05) is 0 Å². The molecule has 2 bridgehead atoms. The first-order valence-corrected chi connectivity index (χ1v) is 9.04. The number of halogens is 1. The van der Waals surface area contributed by atoms with Crippen LogP contribution in [0.3, 0.4) is 0 Å². The van der Waals surface area contributed by atoms with Gasteiger partial charge in [-0.15, -0.1) is 0 Å². The fourth-order valence-electron chi connectivity index (χ4n) is 4.81. The van der Waals surface area contributed by atoms with E-state index < -0.39 is 0 Å². The van der Waals surface area contributed by atoms with Crippen molar-refractivity contribution in [1.29, 1.82) is 0 Å². The molecule has 0 unspecified atom stereocenters. The predicted octanol–water partition coefficient (Wildman–Crippen LogP) is 1.54. The molecule has 5 nitrogen and oxygen atoms in total. The van der Waals surface area contributed by atoms with E-state index in [2.05, 4.69) is 10.2 Å². The van der Waals surface area contributed by atoms with Gasteiger partial charge < -0.3 is 15.2 Å². The van der Waals surface area contributed by atoms with Gasteiger partial charge in [-0.3, -0.25) is 9.69 Å². The standard InChI is InChI=1S/C18H23ClN2O3/c19-13-3-1-2-12(8-13)17(23)20-9-14-15-10-21(6-7-22)11-18(15)5-4-16(14)24-18/h1-3,8,14-16,22H,4-7,9-11H2,(H,20,23)/t14-,15+,16+,18+/m0/s1. The first-order valence-electron chi connectivity index (χ1n) is 8.66. The molecule has 6 heteroatoms. The SMILES string of the molecule is O=C(NC[C@H]1[C@H]2CN(CCO)C[C@]23CC[C@H]1O3)c1cccc(Cl)c1. The lowest BCUT2D eigenvalue weighted by Gasteiger charge is -2.29. The van der Waals surface area contributed by atoms with Gasteiger partial charge in [0.05, 0.1) is 18.3 Å². The van der Waals surface area contributed by atoms with Crippen molar-refractivity contribution >= 4 is 17.5 Å². The topological polar surface area (TPSA) is 61.8 Å². The molecule has 1 aromatic rings. The van der Waals surface area contributed by atoms with Crippen molar-refractivity contribution in [3.05, 3.63) is 34.9 Å². The van der Waals surface area contributed by atoms with Crippen molar-refractivity contribution in [2.45, 2.75) is 24.5 Å². The Bertz CT molecular complexity index is 640. The Morgan fingerprint density at radius 1 is 1.50 bits per heavy atom. The Morgan fingerprint density at radius 3 is 3.17 bits per heavy atom. The highest BCUT2D eigenvalue weighted by Crippen LogP contribution is 2.54. The first-order chi connectivity index (χ1) is 11.6. The molecule has 3 heterocycles. The number of likely N-dealkylation sites (tertiary alicyclic amines) is 1. The number of carbonyl (C=O) groups excluding carboxylic acids is 1. The zero-order valence-electron chi connectivity index (χ0n) is 13.6. The monoisotopic (exact) mass is 350 g/mol. The van der Waals surface area contributed by atoms with Gasteiger partial charge in [-0.1, -0.05) is 17.7 Å². The van der Waals surface area contributed by atoms with Crippen LogP contribution >= 0.6 is 11.6 Å². The number of aliphatic hydroxyl groups excluding tert-OH is 1. The molecule has 3 aliphatic rings. The molecule has 2 N–H and O–H groups in total. The summed E-state index contributed by atoms with van der Waals surface area (Å²) in [6.07, 6.45) is 2.43. The average molecular weight is 351 g/mol. The Labute approximate surface area is 146 Å². The maximum absolute atomic E-state index is 12.4. The number of aliphatic hydroxyl groups is 1. The molecule has 4 atom stereocenters. The molecule has 130 valence electrons. The zero-order chi connectivity index (χ0) is 16.7. The van der Waals surface area contributed by atoms with Crippen molar-refractivity contribution in [3.8, 4) is 0 Å². The van der Waals surface area contributed by atoms with Gasteiger partial charge in [-0.2, -0.15) is 0 Å². The van der Waals surface area contributed by atoms with Crippen molar-refractivity contribution in [2.24, 2.45) is 11.8 Å². The van der Waals surface area contributed by atoms with Gasteiger partial charge in [-0.25, -0.2) is 0 Å². The van der Waals surface area contributed by atoms with E-state index in [0.717, 1.165) is 25.9 Å². The maximum atomic E-state index is 12.4. The molecule has 1 amide bonds. The number of nitrogens with zero attached hydrogens (tertiary/aromatic N) is 1. The molecule has 0 aromatic heterocycles. The second kappa shape index (κ2) is 6.30. The zero-order valence-corrected chi connectivity index (χ0v) is 14.3. The molecule has 1 aromatic carbocycles. The molecule has 24 heavy (non-hydrogen) atoms. The summed E-state index contributed by atoms with van der Waals surface area (Å²) in [5.74, 6) is 0.715. The summed E-state index contributed by atoms with van der Waals surface area (Å²) in [4.78, 5) is 14.7. The third kappa shape index (κ3) is 2.73. The average Bonchev–Trinajstić information content (AvgIpc) is 3.20. The van der Waals surface area contributed by atoms with E-state index in [4.69, 9.17) is 16.3 Å². The lowest BCUT2D eigenvalue weighted by atomic mass is 9.73. The molecule has 3 aliphatic heterocycles. The summed E-state index contributed by atoms with van der Waals surface area (Å²) >= 11 is 5.96. The minimum absolute atomic E-state index is 0.0503. The number of benzene rings is 1. The summed E-state index contributed by atoms with van der Waals surface area (Å²) in [7, 11) is 0. The highest BCUT2D eigenvalue weighted by molar-refractivity contribution is 6.30. The van der Waals surface area contributed by atoms with E-state index in [1.54, 1.807) is 24.3 Å². The molecule has 3 fully saturated rings. The minimum atomic E-state index is -0.0838. The smallest absolute Gasteiger partial charge is 0.251 e. The van der Waals surface area contributed by atoms with Crippen molar-refractivity contribution in [3.63, 3.8) is 0 Å². The highest BCUT2D eigenvalue weighted by atomic mass is 35.5. The molecule has 4 rings (SSSR count). The lowest BCUT2D eigenvalue weighted by molar-refractivity contribution is 0.00173. The fraction of sp³-hybridized carbons (Fsp3) is 0.611. The number of rotatable bonds is 5. The van der Waals surface area contributed by atoms with Gasteiger partial charge in [0.25, 0.3) is 5.91 Å². The van der Waals surface area contributed by atoms with Gasteiger partial charge in [0.15, 0.2) is 0 Å². The van der Waals surface area contributed by atoms with Crippen LogP contribution in [-0.4, -0.2) is 60.4 Å². The molecular formula is C18H23ClN2O3. The number of carbonyl (C=O) groups is 1. The van der Waals surface area contributed by atoms with Gasteiger partial charge in [-0.05, 0) is 31.0 Å². The molecule has 3 saturated heterocycles. The van der Waals surface area contributed by atoms with Gasteiger partial charge in [0.2, 0.25) is 0 Å². The van der Waals surface area contributed by atoms with Crippen LogP contribution in [0.25, 0.3) is 0 Å². The molecule has 0 saturated carbocycles. The summed E-state index contributed by atoms with van der Waals surface area (Å²) in [5.41, 5.74) is 0.542. The number of hydrogen-bond acceptors (Lipinski definition) is 4. The number of amides is 1. The van der Waals surface area contributed by atoms with Crippen LogP contribution in [0.15, 0.2) is 24.3 Å². The summed E-state index contributed by atoms with van der Waals surface area (Å²) in [6.45, 7) is 3.38. The van der Waals surface area contributed by atoms with Gasteiger partial charge in [0.1, 0.15) is 0 Å². The van der Waals surface area contributed by atoms with Gasteiger partial charge >= 0.3 is 0 Å². The van der Waals surface area contributed by atoms with Crippen LogP contribution in [-0.2, 0) is 4.74 Å². The van der Waals surface area contributed by atoms with Crippen molar-refractivity contribution in [1.82, 2.24) is 10.2 Å². The lowest BCUT2D eigenvalue weighted by Crippen LogP contribution is -2.41. The second-order valence-electron chi connectivity index (χ2n) is 7.21. The van der Waals surface area contributed by atoms with E-state index in [-0.39, 0.29) is 24.2 Å². The summed E-state index contributed by atoms with van der Waals surface area (Å²) in [5, 5.41) is 12.8. The minimum Gasteiger partial charge on any atom is -0.395 e. The number of fused-ring (bicyclic) bond motifs is 1.